The van der Waals surface area contributed by atoms with Gasteiger partial charge in [-0.3, -0.25) is 0 Å². The predicted molar refractivity (Wildman–Crippen MR) is 75.2 cm³/mol. The van der Waals surface area contributed by atoms with Crippen molar-refractivity contribution in [1.29, 1.82) is 0 Å². The van der Waals surface area contributed by atoms with Gasteiger partial charge in [0.1, 0.15) is 5.82 Å². The SMILES string of the molecule is O=C(O)c1cccc(CNCCc2ccc(F)cc2)c1. The molecule has 0 atom stereocenters. The van der Waals surface area contributed by atoms with Crippen LogP contribution in [0.5, 0.6) is 0 Å². The third-order valence-corrected chi connectivity index (χ3v) is 3.01. The lowest BCUT2D eigenvalue weighted by Crippen LogP contribution is -2.17. The number of benzene rings is 2. The molecule has 0 amide bonds. The largest absolute Gasteiger partial charge is 0.478 e. The summed E-state index contributed by atoms with van der Waals surface area (Å²) in [7, 11) is 0. The summed E-state index contributed by atoms with van der Waals surface area (Å²) >= 11 is 0. The molecule has 0 saturated heterocycles. The Morgan fingerprint density at radius 3 is 2.55 bits per heavy atom. The first-order chi connectivity index (χ1) is 9.65. The van der Waals surface area contributed by atoms with Crippen molar-refractivity contribution in [3.8, 4) is 0 Å². The molecule has 4 heteroatoms. The summed E-state index contributed by atoms with van der Waals surface area (Å²) in [6, 6.07) is 13.3. The zero-order valence-corrected chi connectivity index (χ0v) is 11.0. The van der Waals surface area contributed by atoms with Gasteiger partial charge >= 0.3 is 5.97 Å². The quantitative estimate of drug-likeness (QED) is 0.796. The molecular formula is C16H16FNO2. The van der Waals surface area contributed by atoms with E-state index in [0.29, 0.717) is 12.1 Å². The maximum absolute atomic E-state index is 12.7. The molecule has 2 aromatic rings. The number of halogens is 1. The zero-order valence-electron chi connectivity index (χ0n) is 11.0. The second-order valence-corrected chi connectivity index (χ2v) is 4.56. The van der Waals surface area contributed by atoms with Crippen LogP contribution in [-0.4, -0.2) is 17.6 Å². The number of carbonyl (C=O) groups is 1. The molecule has 0 saturated carbocycles. The summed E-state index contributed by atoms with van der Waals surface area (Å²) in [5.41, 5.74) is 2.30. The third kappa shape index (κ3) is 4.17. The number of rotatable bonds is 6. The smallest absolute Gasteiger partial charge is 0.335 e. The fourth-order valence-electron chi connectivity index (χ4n) is 1.93. The highest BCUT2D eigenvalue weighted by Crippen LogP contribution is 2.06. The van der Waals surface area contributed by atoms with E-state index >= 15 is 0 Å². The molecular weight excluding hydrogens is 257 g/mol. The first-order valence-corrected chi connectivity index (χ1v) is 6.42. The van der Waals surface area contributed by atoms with Crippen molar-refractivity contribution in [3.63, 3.8) is 0 Å². The summed E-state index contributed by atoms with van der Waals surface area (Å²) in [5.74, 6) is -1.15. The number of hydrogen-bond acceptors (Lipinski definition) is 2. The van der Waals surface area contributed by atoms with Gasteiger partial charge in [0.25, 0.3) is 0 Å². The van der Waals surface area contributed by atoms with Crippen LogP contribution in [0, 0.1) is 5.82 Å². The van der Waals surface area contributed by atoms with E-state index < -0.39 is 5.97 Å². The number of hydrogen-bond donors (Lipinski definition) is 2. The molecule has 2 aromatic carbocycles. The molecule has 0 radical (unpaired) electrons. The molecule has 3 nitrogen and oxygen atoms in total. The van der Waals surface area contributed by atoms with Gasteiger partial charge < -0.3 is 10.4 Å². The van der Waals surface area contributed by atoms with Crippen LogP contribution >= 0.6 is 0 Å². The Balaban J connectivity index is 1.79. The van der Waals surface area contributed by atoms with Gasteiger partial charge in [-0.1, -0.05) is 24.3 Å². The van der Waals surface area contributed by atoms with Crippen molar-refractivity contribution in [2.45, 2.75) is 13.0 Å². The van der Waals surface area contributed by atoms with Gasteiger partial charge in [0.2, 0.25) is 0 Å². The minimum Gasteiger partial charge on any atom is -0.478 e. The van der Waals surface area contributed by atoms with Crippen molar-refractivity contribution < 1.29 is 14.3 Å². The molecule has 0 heterocycles. The number of carboxylic acids is 1. The lowest BCUT2D eigenvalue weighted by atomic mass is 10.1. The fourth-order valence-corrected chi connectivity index (χ4v) is 1.93. The molecule has 0 spiro atoms. The molecule has 0 aliphatic heterocycles. The van der Waals surface area contributed by atoms with Gasteiger partial charge in [-0.15, -0.1) is 0 Å². The van der Waals surface area contributed by atoms with E-state index in [2.05, 4.69) is 5.32 Å². The van der Waals surface area contributed by atoms with Crippen LogP contribution in [0.25, 0.3) is 0 Å². The highest BCUT2D eigenvalue weighted by molar-refractivity contribution is 5.87. The number of aromatic carboxylic acids is 1. The number of carboxylic acid groups (broad SMARTS) is 1. The van der Waals surface area contributed by atoms with Crippen molar-refractivity contribution in [2.75, 3.05) is 6.54 Å². The lowest BCUT2D eigenvalue weighted by molar-refractivity contribution is 0.0696. The summed E-state index contributed by atoms with van der Waals surface area (Å²) in [5, 5.41) is 12.1. The molecule has 0 aliphatic carbocycles. The van der Waals surface area contributed by atoms with E-state index in [-0.39, 0.29) is 5.82 Å². The molecule has 0 aliphatic rings. The maximum Gasteiger partial charge on any atom is 0.335 e. The summed E-state index contributed by atoms with van der Waals surface area (Å²) in [6.45, 7) is 1.37. The van der Waals surface area contributed by atoms with E-state index in [1.807, 2.05) is 6.07 Å². The van der Waals surface area contributed by atoms with Crippen LogP contribution in [0.4, 0.5) is 4.39 Å². The van der Waals surface area contributed by atoms with Gasteiger partial charge in [0, 0.05) is 6.54 Å². The minimum absolute atomic E-state index is 0.229. The third-order valence-electron chi connectivity index (χ3n) is 3.01. The van der Waals surface area contributed by atoms with Gasteiger partial charge in [-0.05, 0) is 48.4 Å². The van der Waals surface area contributed by atoms with Gasteiger partial charge in [-0.2, -0.15) is 0 Å². The number of nitrogens with one attached hydrogen (secondary N) is 1. The molecule has 104 valence electrons. The van der Waals surface area contributed by atoms with E-state index in [4.69, 9.17) is 5.11 Å². The molecule has 0 bridgehead atoms. The van der Waals surface area contributed by atoms with Crippen LogP contribution in [0.2, 0.25) is 0 Å². The first kappa shape index (κ1) is 14.2. The van der Waals surface area contributed by atoms with Gasteiger partial charge in [0.05, 0.1) is 5.56 Å². The van der Waals surface area contributed by atoms with E-state index in [9.17, 15) is 9.18 Å². The van der Waals surface area contributed by atoms with Crippen LogP contribution in [0.15, 0.2) is 48.5 Å². The topological polar surface area (TPSA) is 49.3 Å². The van der Waals surface area contributed by atoms with Crippen molar-refractivity contribution in [3.05, 3.63) is 71.0 Å². The highest BCUT2D eigenvalue weighted by Gasteiger charge is 2.02. The Morgan fingerprint density at radius 2 is 1.85 bits per heavy atom. The van der Waals surface area contributed by atoms with Crippen LogP contribution in [-0.2, 0) is 13.0 Å². The molecule has 0 unspecified atom stereocenters. The standard InChI is InChI=1S/C16H16FNO2/c17-15-6-4-12(5-7-15)8-9-18-11-13-2-1-3-14(10-13)16(19)20/h1-7,10,18H,8-9,11H2,(H,19,20). The molecule has 2 rings (SSSR count). The fraction of sp³-hybridized carbons (Fsp3) is 0.188. The molecule has 0 fully saturated rings. The first-order valence-electron chi connectivity index (χ1n) is 6.42. The van der Waals surface area contributed by atoms with E-state index in [1.54, 1.807) is 30.3 Å². The Hall–Kier alpha value is -2.20. The summed E-state index contributed by atoms with van der Waals surface area (Å²) in [4.78, 5) is 10.8. The normalized spacial score (nSPS) is 10.4. The zero-order chi connectivity index (χ0) is 14.4. The molecule has 20 heavy (non-hydrogen) atoms. The molecule has 2 N–H and O–H groups in total. The van der Waals surface area contributed by atoms with Crippen LogP contribution in [0.3, 0.4) is 0 Å². The average molecular weight is 273 g/mol. The summed E-state index contributed by atoms with van der Waals surface area (Å²) in [6.07, 6.45) is 0.804. The van der Waals surface area contributed by atoms with Crippen molar-refractivity contribution in [1.82, 2.24) is 5.32 Å². The second kappa shape index (κ2) is 6.82. The van der Waals surface area contributed by atoms with E-state index in [0.717, 1.165) is 24.1 Å². The highest BCUT2D eigenvalue weighted by atomic mass is 19.1. The Morgan fingerprint density at radius 1 is 1.10 bits per heavy atom. The predicted octanol–water partition coefficient (Wildman–Crippen LogP) is 2.86. The Labute approximate surface area is 117 Å². The Kier molecular flexibility index (Phi) is 4.85. The maximum atomic E-state index is 12.7. The van der Waals surface area contributed by atoms with Gasteiger partial charge in [0.15, 0.2) is 0 Å². The molecule has 0 aromatic heterocycles. The van der Waals surface area contributed by atoms with Crippen LogP contribution in [0.1, 0.15) is 21.5 Å². The van der Waals surface area contributed by atoms with Gasteiger partial charge in [-0.25, -0.2) is 9.18 Å². The van der Waals surface area contributed by atoms with Crippen LogP contribution < -0.4 is 5.32 Å². The monoisotopic (exact) mass is 273 g/mol. The summed E-state index contributed by atoms with van der Waals surface area (Å²) < 4.78 is 12.7. The Bertz CT molecular complexity index is 581. The van der Waals surface area contributed by atoms with Crippen molar-refractivity contribution in [2.24, 2.45) is 0 Å². The van der Waals surface area contributed by atoms with Crippen molar-refractivity contribution >= 4 is 5.97 Å². The average Bonchev–Trinajstić information content (AvgIpc) is 2.46. The minimum atomic E-state index is -0.918. The lowest BCUT2D eigenvalue weighted by Gasteiger charge is -2.06. The van der Waals surface area contributed by atoms with E-state index in [1.165, 1.54) is 12.1 Å². The second-order valence-electron chi connectivity index (χ2n) is 4.56.